The lowest BCUT2D eigenvalue weighted by Crippen LogP contribution is -1.88. The molecule has 0 amide bonds. The van der Waals surface area contributed by atoms with E-state index in [9.17, 15) is 8.78 Å². The fourth-order valence-electron chi connectivity index (χ4n) is 0.758. The van der Waals surface area contributed by atoms with E-state index < -0.39 is 11.6 Å². The second-order valence-corrected chi connectivity index (χ2v) is 2.52. The molecule has 1 aromatic carbocycles. The third-order valence-corrected chi connectivity index (χ3v) is 1.44. The Morgan fingerprint density at radius 2 is 2.00 bits per heavy atom. The molecule has 0 heterocycles. The molecule has 4 heteroatoms. The van der Waals surface area contributed by atoms with Gasteiger partial charge in [0.05, 0.1) is 0 Å². The van der Waals surface area contributed by atoms with Gasteiger partial charge in [-0.25, -0.2) is 8.78 Å². The second-order valence-electron chi connectivity index (χ2n) is 2.08. The summed E-state index contributed by atoms with van der Waals surface area (Å²) < 4.78 is 25.4. The van der Waals surface area contributed by atoms with Crippen molar-refractivity contribution >= 4 is 11.6 Å². The summed E-state index contributed by atoms with van der Waals surface area (Å²) in [5.74, 6) is -1.97. The van der Waals surface area contributed by atoms with Crippen LogP contribution in [-0.4, -0.2) is 7.05 Å². The van der Waals surface area contributed by atoms with Gasteiger partial charge in [0.1, 0.15) is 5.56 Å². The summed E-state index contributed by atoms with van der Waals surface area (Å²) in [4.78, 5) is 3.43. The molecule has 0 aliphatic heterocycles. The van der Waals surface area contributed by atoms with Gasteiger partial charge in [0.25, 0.3) is 7.05 Å². The Kier molecular flexibility index (Phi) is 4.36. The largest absolute Gasteiger partial charge is 0.313 e. The zero-order valence-corrected chi connectivity index (χ0v) is 6.99. The van der Waals surface area contributed by atoms with E-state index in [1.165, 1.54) is 13.1 Å². The van der Waals surface area contributed by atoms with Gasteiger partial charge in [0.2, 0.25) is 0 Å². The number of nitrogens with zero attached hydrogens (tertiary/aromatic N) is 1. The van der Waals surface area contributed by atoms with Crippen LogP contribution in [0.3, 0.4) is 0 Å². The predicted octanol–water partition coefficient (Wildman–Crippen LogP) is 3.57. The van der Waals surface area contributed by atoms with Crippen LogP contribution in [0.4, 0.5) is 8.78 Å². The highest BCUT2D eigenvalue weighted by atomic mass is 35.5. The molecule has 0 aliphatic carbocycles. The Bertz CT molecular complexity index is 366. The van der Waals surface area contributed by atoms with Gasteiger partial charge >= 0.3 is 6.07 Å². The van der Waals surface area contributed by atoms with E-state index in [0.29, 0.717) is 0 Å². The maximum Gasteiger partial charge on any atom is 0.313 e. The monoisotopic (exact) mass is 204 g/mol. The summed E-state index contributed by atoms with van der Waals surface area (Å²) >= 11 is 5.47. The molecule has 13 heavy (non-hydrogen) atoms. The van der Waals surface area contributed by atoms with Crippen molar-refractivity contribution in [2.75, 3.05) is 7.05 Å². The van der Waals surface area contributed by atoms with Gasteiger partial charge in [0, 0.05) is 5.02 Å². The molecule has 0 fully saturated rings. The molecule has 0 radical (unpaired) electrons. The molecule has 1 aromatic rings. The molecular formula is C9H9ClF2N+. The molecule has 1 rings (SSSR count). The molecule has 0 bridgehead atoms. The maximum atomic E-state index is 12.8. The molecule has 1 nitrogen and oxygen atoms in total. The molecule has 0 unspecified atom stereocenters. The highest BCUT2D eigenvalue weighted by Gasteiger charge is 2.11. The van der Waals surface area contributed by atoms with Crippen molar-refractivity contribution < 1.29 is 8.78 Å². The fraction of sp³-hybridized carbons (Fsp3) is 0.222. The summed E-state index contributed by atoms with van der Waals surface area (Å²) in [6, 6.07) is 4.44. The lowest BCUT2D eigenvalue weighted by molar-refractivity contribution is 0.506. The Hall–Kier alpha value is -1.14. The van der Waals surface area contributed by atoms with Crippen LogP contribution >= 0.6 is 11.6 Å². The molecule has 0 aliphatic rings. The Morgan fingerprint density at radius 1 is 1.38 bits per heavy atom. The van der Waals surface area contributed by atoms with Gasteiger partial charge < -0.3 is 0 Å². The van der Waals surface area contributed by atoms with Crippen molar-refractivity contribution in [3.8, 4) is 6.07 Å². The van der Waals surface area contributed by atoms with E-state index in [0.717, 1.165) is 6.07 Å². The van der Waals surface area contributed by atoms with Crippen LogP contribution in [0.25, 0.3) is 4.85 Å². The van der Waals surface area contributed by atoms with E-state index in [4.69, 9.17) is 11.6 Å². The second kappa shape index (κ2) is 4.78. The summed E-state index contributed by atoms with van der Waals surface area (Å²) in [7, 11) is 1.41. The Labute approximate surface area is 80.8 Å². The van der Waals surface area contributed by atoms with E-state index in [2.05, 4.69) is 10.9 Å². The topological polar surface area (TPSA) is 4.36 Å². The summed E-state index contributed by atoms with van der Waals surface area (Å²) in [5, 5.41) is 0.125. The Morgan fingerprint density at radius 3 is 2.54 bits per heavy atom. The molecule has 70 valence electrons. The zero-order chi connectivity index (χ0) is 9.14. The molecule has 0 saturated carbocycles. The number of benzene rings is 1. The average molecular weight is 205 g/mol. The summed E-state index contributed by atoms with van der Waals surface area (Å²) in [6.07, 6.45) is 0. The third kappa shape index (κ3) is 2.67. The standard InChI is InChI=1S/C8H5ClF2N.CH4/c1-12-4-5-2-6(9)3-7(10)8(5)11;/h2-3H,1H3;1H4/q+1;. The predicted molar refractivity (Wildman–Crippen MR) is 50.4 cm³/mol. The van der Waals surface area contributed by atoms with Gasteiger partial charge in [-0.2, -0.15) is 0 Å². The Balaban J connectivity index is 0.00000144. The highest BCUT2D eigenvalue weighted by Crippen LogP contribution is 2.17. The van der Waals surface area contributed by atoms with E-state index in [-0.39, 0.29) is 18.0 Å². The van der Waals surface area contributed by atoms with Crippen molar-refractivity contribution in [3.05, 3.63) is 39.2 Å². The minimum absolute atomic E-state index is 0. The first-order valence-electron chi connectivity index (χ1n) is 3.14. The van der Waals surface area contributed by atoms with E-state index in [1.54, 1.807) is 0 Å². The lowest BCUT2D eigenvalue weighted by Gasteiger charge is -1.93. The van der Waals surface area contributed by atoms with Gasteiger partial charge in [0.15, 0.2) is 11.6 Å². The smallest absolute Gasteiger partial charge is 0.204 e. The first kappa shape index (κ1) is 11.9. The summed E-state index contributed by atoms with van der Waals surface area (Å²) in [6.45, 7) is 0. The van der Waals surface area contributed by atoms with Crippen LogP contribution in [0, 0.1) is 17.7 Å². The van der Waals surface area contributed by atoms with Crippen LogP contribution in [0.15, 0.2) is 12.1 Å². The maximum absolute atomic E-state index is 12.8. The van der Waals surface area contributed by atoms with Crippen molar-refractivity contribution in [2.45, 2.75) is 7.43 Å². The first-order valence-corrected chi connectivity index (χ1v) is 3.52. The number of hydrogen-bond acceptors (Lipinski definition) is 0. The van der Waals surface area contributed by atoms with Crippen LogP contribution in [0.5, 0.6) is 0 Å². The normalized spacial score (nSPS) is 8.31. The van der Waals surface area contributed by atoms with Gasteiger partial charge in [-0.05, 0) is 12.1 Å². The minimum atomic E-state index is -0.992. The molecule has 0 aromatic heterocycles. The third-order valence-electron chi connectivity index (χ3n) is 1.23. The van der Waals surface area contributed by atoms with Crippen LogP contribution in [0.1, 0.15) is 13.0 Å². The average Bonchev–Trinajstić information content (AvgIpc) is 2.00. The van der Waals surface area contributed by atoms with Crippen molar-refractivity contribution in [1.82, 2.24) is 0 Å². The van der Waals surface area contributed by atoms with E-state index in [1.807, 2.05) is 0 Å². The zero-order valence-electron chi connectivity index (χ0n) is 6.24. The van der Waals surface area contributed by atoms with Gasteiger partial charge in [-0.15, -0.1) is 0 Å². The van der Waals surface area contributed by atoms with E-state index >= 15 is 0 Å². The summed E-state index contributed by atoms with van der Waals surface area (Å²) in [5.41, 5.74) is -0.0671. The van der Waals surface area contributed by atoms with Crippen LogP contribution in [0.2, 0.25) is 5.02 Å². The number of halogens is 3. The van der Waals surface area contributed by atoms with Crippen molar-refractivity contribution in [2.24, 2.45) is 0 Å². The van der Waals surface area contributed by atoms with Gasteiger partial charge in [-0.3, -0.25) is 0 Å². The van der Waals surface area contributed by atoms with Crippen molar-refractivity contribution in [1.29, 1.82) is 0 Å². The lowest BCUT2D eigenvalue weighted by atomic mass is 10.2. The SMILES string of the molecule is C.C[N+]#Cc1cc(Cl)cc(F)c1F. The molecule has 0 saturated heterocycles. The van der Waals surface area contributed by atoms with Crippen LogP contribution in [-0.2, 0) is 0 Å². The minimum Gasteiger partial charge on any atom is -0.204 e. The van der Waals surface area contributed by atoms with Gasteiger partial charge in [-0.1, -0.05) is 23.9 Å². The quantitative estimate of drug-likeness (QED) is 0.569. The number of hydrogen-bond donors (Lipinski definition) is 0. The first-order chi connectivity index (χ1) is 5.65. The van der Waals surface area contributed by atoms with Crippen molar-refractivity contribution in [3.63, 3.8) is 0 Å². The molecular weight excluding hydrogens is 196 g/mol. The number of rotatable bonds is 0. The highest BCUT2D eigenvalue weighted by molar-refractivity contribution is 6.30. The molecule has 0 spiro atoms. The van der Waals surface area contributed by atoms with Crippen LogP contribution < -0.4 is 0 Å². The molecule has 0 atom stereocenters. The fourth-order valence-corrected chi connectivity index (χ4v) is 0.963. The molecule has 0 N–H and O–H groups in total.